The van der Waals surface area contributed by atoms with Crippen LogP contribution in [0.25, 0.3) is 0 Å². The van der Waals surface area contributed by atoms with Crippen LogP contribution in [-0.4, -0.2) is 96.7 Å². The summed E-state index contributed by atoms with van der Waals surface area (Å²) < 4.78 is 68.5. The van der Waals surface area contributed by atoms with Crippen LogP contribution in [0.1, 0.15) is 349 Å². The molecule has 5 atom stereocenters. The van der Waals surface area contributed by atoms with Crippen LogP contribution in [-0.2, 0) is 65.4 Å². The van der Waals surface area contributed by atoms with E-state index in [0.717, 1.165) is 173 Å². The highest BCUT2D eigenvalue weighted by Gasteiger charge is 2.30. The largest absolute Gasteiger partial charge is 0.472 e. The highest BCUT2D eigenvalue weighted by Crippen LogP contribution is 2.45. The fourth-order valence-electron chi connectivity index (χ4n) is 10.7. The van der Waals surface area contributed by atoms with E-state index in [2.05, 4.69) is 101 Å². The molecule has 19 heteroatoms. The molecule has 0 saturated heterocycles. The fourth-order valence-corrected chi connectivity index (χ4v) is 12.2. The van der Waals surface area contributed by atoms with E-state index in [4.69, 9.17) is 37.0 Å². The molecule has 17 nitrogen and oxygen atoms in total. The number of rotatable bonds is 74. The first-order valence-corrected chi connectivity index (χ1v) is 42.2. The number of allylic oxidation sites excluding steroid dienone is 12. The van der Waals surface area contributed by atoms with Gasteiger partial charge in [0.15, 0.2) is 12.2 Å². The van der Waals surface area contributed by atoms with Gasteiger partial charge in [-0.2, -0.15) is 0 Å². The molecule has 0 aliphatic rings. The maximum Gasteiger partial charge on any atom is 0.472 e. The maximum atomic E-state index is 13.1. The molecule has 0 aromatic heterocycles. The first-order valence-electron chi connectivity index (χ1n) is 39.2. The lowest BCUT2D eigenvalue weighted by atomic mass is 10.0. The lowest BCUT2D eigenvalue weighted by Crippen LogP contribution is -2.30. The number of hydrogen-bond donors (Lipinski definition) is 3. The van der Waals surface area contributed by atoms with Gasteiger partial charge in [-0.15, -0.1) is 0 Å². The second kappa shape index (κ2) is 71.9. The molecule has 98 heavy (non-hydrogen) atoms. The molecule has 0 saturated carbocycles. The Labute approximate surface area is 596 Å². The van der Waals surface area contributed by atoms with E-state index >= 15 is 0 Å². The summed E-state index contributed by atoms with van der Waals surface area (Å²) in [6.45, 7) is 4.72. The van der Waals surface area contributed by atoms with E-state index < -0.39 is 97.5 Å². The molecule has 0 spiro atoms. The van der Waals surface area contributed by atoms with Crippen molar-refractivity contribution in [1.82, 2.24) is 0 Å². The van der Waals surface area contributed by atoms with Crippen LogP contribution >= 0.6 is 15.6 Å². The van der Waals surface area contributed by atoms with Gasteiger partial charge < -0.3 is 33.8 Å². The first kappa shape index (κ1) is 94.5. The van der Waals surface area contributed by atoms with E-state index in [0.29, 0.717) is 25.7 Å². The molecule has 0 rings (SSSR count). The number of carbonyl (C=O) groups is 4. The van der Waals surface area contributed by atoms with E-state index in [1.54, 1.807) is 0 Å². The Kier molecular flexibility index (Phi) is 69.3. The number of phosphoric ester groups is 2. The van der Waals surface area contributed by atoms with Gasteiger partial charge in [-0.3, -0.25) is 37.3 Å². The SMILES string of the molecule is CC/C=C\C/C=C\C/C=C\CCCCCCCCCC(=O)OCC(COP(=O)(O)OCC(O)COP(=O)(O)OCC(COC(=O)CCCCCCC/C=C\C/C=C\CCCCC)OC(=O)CCCCCCC/C=C\CCCC)OC(=O)CCCCCCCCCCCCCCCCC. The number of phosphoric acid groups is 2. The highest BCUT2D eigenvalue weighted by atomic mass is 31.2. The summed E-state index contributed by atoms with van der Waals surface area (Å²) in [6, 6.07) is 0. The van der Waals surface area contributed by atoms with Gasteiger partial charge in [-0.25, -0.2) is 9.13 Å². The summed E-state index contributed by atoms with van der Waals surface area (Å²) in [4.78, 5) is 72.9. The predicted octanol–water partition coefficient (Wildman–Crippen LogP) is 22.4. The van der Waals surface area contributed by atoms with Crippen molar-refractivity contribution >= 4 is 39.5 Å². The van der Waals surface area contributed by atoms with Crippen molar-refractivity contribution in [2.24, 2.45) is 0 Å². The zero-order valence-corrected chi connectivity index (χ0v) is 64.0. The van der Waals surface area contributed by atoms with Crippen molar-refractivity contribution in [3.63, 3.8) is 0 Å². The Bertz CT molecular complexity index is 2140. The number of esters is 4. The molecule has 570 valence electrons. The summed E-state index contributed by atoms with van der Waals surface area (Å²) >= 11 is 0. The molecule has 3 N–H and O–H groups in total. The number of hydrogen-bond acceptors (Lipinski definition) is 15. The van der Waals surface area contributed by atoms with Crippen LogP contribution in [0.5, 0.6) is 0 Å². The van der Waals surface area contributed by atoms with E-state index in [1.165, 1.54) is 96.3 Å². The van der Waals surface area contributed by atoms with Gasteiger partial charge in [0.2, 0.25) is 0 Å². The number of ether oxygens (including phenoxy) is 4. The molecule has 0 aliphatic carbocycles. The summed E-state index contributed by atoms with van der Waals surface area (Å²) in [6.07, 6.45) is 71.7. The lowest BCUT2D eigenvalue weighted by molar-refractivity contribution is -0.161. The predicted molar refractivity (Wildman–Crippen MR) is 400 cm³/mol. The number of carbonyl (C=O) groups excluding carboxylic acids is 4. The third-order valence-electron chi connectivity index (χ3n) is 16.7. The minimum absolute atomic E-state index is 0.0841. The van der Waals surface area contributed by atoms with Crippen LogP contribution < -0.4 is 0 Å². The topological polar surface area (TPSA) is 237 Å². The standard InChI is InChI=1S/C79H142O17P2/c1-5-9-13-17-21-25-29-32-35-36-39-41-45-48-52-56-60-64-77(82)90-70-75(96-79(84)66-62-58-54-50-46-42-38-34-31-27-23-19-15-11-7-3)72-94-98(87,88)92-68-73(80)67-91-97(85,86)93-71-74(95-78(83)65-61-57-53-49-43-28-24-20-16-12-8-4)69-89-76(81)63-59-55-51-47-44-40-37-33-30-26-22-18-14-10-6-2/h9,13,20-22,24-26,32-33,35,37,73-75,80H,5-8,10-12,14-19,23,27-31,34,36,38-72H2,1-4H3,(H,85,86)(H,87,88)/b13-9-,24-20-,25-21-,26-22-,35-32-,37-33-. The zero-order chi connectivity index (χ0) is 71.8. The summed E-state index contributed by atoms with van der Waals surface area (Å²) in [5, 5.41) is 10.6. The van der Waals surface area contributed by atoms with Crippen molar-refractivity contribution in [1.29, 1.82) is 0 Å². The molecule has 0 heterocycles. The monoisotopic (exact) mass is 1420 g/mol. The second-order valence-corrected chi connectivity index (χ2v) is 29.2. The van der Waals surface area contributed by atoms with Gasteiger partial charge in [0.05, 0.1) is 26.4 Å². The summed E-state index contributed by atoms with van der Waals surface area (Å²) in [5.41, 5.74) is 0. The van der Waals surface area contributed by atoms with Crippen LogP contribution in [0.15, 0.2) is 72.9 Å². The molecular formula is C79H142O17P2. The molecule has 5 unspecified atom stereocenters. The summed E-state index contributed by atoms with van der Waals surface area (Å²) in [7, 11) is -9.94. The quantitative estimate of drug-likeness (QED) is 0.0169. The minimum atomic E-state index is -4.97. The Hall–Kier alpha value is -3.50. The first-order chi connectivity index (χ1) is 47.7. The Balaban J connectivity index is 5.31. The van der Waals surface area contributed by atoms with E-state index in [1.807, 2.05) is 0 Å². The molecule has 0 aromatic rings. The van der Waals surface area contributed by atoms with E-state index in [-0.39, 0.29) is 25.7 Å². The van der Waals surface area contributed by atoms with Crippen LogP contribution in [0, 0.1) is 0 Å². The Morgan fingerprint density at radius 2 is 0.541 bits per heavy atom. The van der Waals surface area contributed by atoms with Crippen molar-refractivity contribution in [2.75, 3.05) is 39.6 Å². The average molecular weight is 1430 g/mol. The average Bonchev–Trinajstić information content (AvgIpc) is 0.986. The number of unbranched alkanes of at least 4 members (excludes halogenated alkanes) is 36. The maximum absolute atomic E-state index is 13.1. The Morgan fingerprint density at radius 3 is 0.878 bits per heavy atom. The van der Waals surface area contributed by atoms with Crippen LogP contribution in [0.4, 0.5) is 0 Å². The smallest absolute Gasteiger partial charge is 0.462 e. The van der Waals surface area contributed by atoms with E-state index in [9.17, 15) is 43.2 Å². The van der Waals surface area contributed by atoms with Gasteiger partial charge in [-0.1, -0.05) is 287 Å². The second-order valence-electron chi connectivity index (χ2n) is 26.3. The van der Waals surface area contributed by atoms with Crippen molar-refractivity contribution in [3.05, 3.63) is 72.9 Å². The lowest BCUT2D eigenvalue weighted by Gasteiger charge is -2.21. The van der Waals surface area contributed by atoms with Crippen LogP contribution in [0.3, 0.4) is 0 Å². The molecular weight excluding hydrogens is 1280 g/mol. The normalized spacial score (nSPS) is 14.3. The van der Waals surface area contributed by atoms with Crippen molar-refractivity contribution in [3.8, 4) is 0 Å². The summed E-state index contributed by atoms with van der Waals surface area (Å²) in [5.74, 6) is -2.18. The highest BCUT2D eigenvalue weighted by molar-refractivity contribution is 7.47. The molecule has 0 aliphatic heterocycles. The van der Waals surface area contributed by atoms with Crippen molar-refractivity contribution < 1.29 is 80.2 Å². The van der Waals surface area contributed by atoms with Gasteiger partial charge in [0, 0.05) is 25.7 Å². The molecule has 0 radical (unpaired) electrons. The van der Waals surface area contributed by atoms with Crippen LogP contribution in [0.2, 0.25) is 0 Å². The number of aliphatic hydroxyl groups excluding tert-OH is 1. The van der Waals surface area contributed by atoms with Gasteiger partial charge in [-0.05, 0) is 109 Å². The third-order valence-corrected chi connectivity index (χ3v) is 18.6. The minimum Gasteiger partial charge on any atom is -0.462 e. The van der Waals surface area contributed by atoms with Gasteiger partial charge in [0.25, 0.3) is 0 Å². The number of aliphatic hydroxyl groups is 1. The molecule has 0 bridgehead atoms. The molecule has 0 fully saturated rings. The zero-order valence-electron chi connectivity index (χ0n) is 62.2. The third kappa shape index (κ3) is 70.9. The Morgan fingerprint density at radius 1 is 0.296 bits per heavy atom. The fraction of sp³-hybridized carbons (Fsp3) is 0.797. The van der Waals surface area contributed by atoms with Gasteiger partial charge in [0.1, 0.15) is 19.3 Å². The molecule has 0 amide bonds. The van der Waals surface area contributed by atoms with Crippen molar-refractivity contribution in [2.45, 2.75) is 367 Å². The molecule has 0 aromatic carbocycles. The van der Waals surface area contributed by atoms with Gasteiger partial charge >= 0.3 is 39.5 Å².